The highest BCUT2D eigenvalue weighted by atomic mass is 35.5. The molecule has 0 aromatic heterocycles. The maximum atomic E-state index is 13.2. The van der Waals surface area contributed by atoms with E-state index in [-0.39, 0.29) is 5.75 Å². The SMILES string of the molecule is CNCc1cc(F)c(OC)c(Cl)c1. The maximum absolute atomic E-state index is 13.2. The van der Waals surface area contributed by atoms with Crippen LogP contribution in [0.15, 0.2) is 12.1 Å². The molecule has 1 aromatic rings. The molecule has 0 aliphatic carbocycles. The zero-order valence-corrected chi connectivity index (χ0v) is 8.28. The van der Waals surface area contributed by atoms with Crippen LogP contribution in [0.25, 0.3) is 0 Å². The van der Waals surface area contributed by atoms with Crippen LogP contribution in [0.1, 0.15) is 5.56 Å². The molecule has 1 rings (SSSR count). The maximum Gasteiger partial charge on any atom is 0.173 e. The first-order chi connectivity index (χ1) is 6.19. The van der Waals surface area contributed by atoms with E-state index >= 15 is 0 Å². The fraction of sp³-hybridized carbons (Fsp3) is 0.333. The standard InChI is InChI=1S/C9H11ClFNO/c1-12-5-6-3-7(10)9(13-2)8(11)4-6/h3-4,12H,5H2,1-2H3. The van der Waals surface area contributed by atoms with Crippen LogP contribution in [0.3, 0.4) is 0 Å². The topological polar surface area (TPSA) is 21.3 Å². The van der Waals surface area contributed by atoms with Gasteiger partial charge < -0.3 is 10.1 Å². The first-order valence-electron chi connectivity index (χ1n) is 3.85. The third-order valence-electron chi connectivity index (χ3n) is 1.64. The van der Waals surface area contributed by atoms with Crippen molar-refractivity contribution in [2.24, 2.45) is 0 Å². The Morgan fingerprint density at radius 2 is 2.23 bits per heavy atom. The van der Waals surface area contributed by atoms with Gasteiger partial charge in [-0.1, -0.05) is 11.6 Å². The Kier molecular flexibility index (Phi) is 3.51. The number of hydrogen-bond acceptors (Lipinski definition) is 2. The molecular weight excluding hydrogens is 193 g/mol. The molecule has 0 radical (unpaired) electrons. The van der Waals surface area contributed by atoms with Gasteiger partial charge in [0.25, 0.3) is 0 Å². The molecule has 0 aliphatic rings. The second kappa shape index (κ2) is 4.44. The molecule has 0 fully saturated rings. The van der Waals surface area contributed by atoms with Crippen molar-refractivity contribution in [1.29, 1.82) is 0 Å². The molecule has 0 spiro atoms. The Bertz CT molecular complexity index is 281. The monoisotopic (exact) mass is 203 g/mol. The molecular formula is C9H11ClFNO. The van der Waals surface area contributed by atoms with Crippen molar-refractivity contribution in [1.82, 2.24) is 5.32 Å². The molecule has 0 aliphatic heterocycles. The Morgan fingerprint density at radius 1 is 1.54 bits per heavy atom. The molecule has 2 nitrogen and oxygen atoms in total. The van der Waals surface area contributed by atoms with Gasteiger partial charge in [-0.2, -0.15) is 0 Å². The first kappa shape index (κ1) is 10.3. The normalized spacial score (nSPS) is 10.2. The summed E-state index contributed by atoms with van der Waals surface area (Å²) in [5.74, 6) is -0.332. The van der Waals surface area contributed by atoms with Crippen LogP contribution in [-0.2, 0) is 6.54 Å². The minimum Gasteiger partial charge on any atom is -0.492 e. The molecule has 0 atom stereocenters. The fourth-order valence-electron chi connectivity index (χ4n) is 1.11. The molecule has 1 N–H and O–H groups in total. The third kappa shape index (κ3) is 2.32. The van der Waals surface area contributed by atoms with Gasteiger partial charge >= 0.3 is 0 Å². The van der Waals surface area contributed by atoms with Crippen molar-refractivity contribution in [3.63, 3.8) is 0 Å². The van der Waals surface area contributed by atoms with E-state index in [2.05, 4.69) is 5.32 Å². The van der Waals surface area contributed by atoms with Crippen LogP contribution < -0.4 is 10.1 Å². The number of rotatable bonds is 3. The van der Waals surface area contributed by atoms with Crippen LogP contribution >= 0.6 is 11.6 Å². The molecule has 0 heterocycles. The van der Waals surface area contributed by atoms with Crippen LogP contribution in [0.2, 0.25) is 5.02 Å². The van der Waals surface area contributed by atoms with E-state index in [9.17, 15) is 4.39 Å². The summed E-state index contributed by atoms with van der Waals surface area (Å²) in [5.41, 5.74) is 0.797. The van der Waals surface area contributed by atoms with Gasteiger partial charge in [0.1, 0.15) is 0 Å². The summed E-state index contributed by atoms with van der Waals surface area (Å²) in [4.78, 5) is 0. The second-order valence-electron chi connectivity index (χ2n) is 2.62. The van der Waals surface area contributed by atoms with Gasteiger partial charge in [-0.05, 0) is 24.7 Å². The molecule has 0 bridgehead atoms. The lowest BCUT2D eigenvalue weighted by Crippen LogP contribution is -2.05. The number of ether oxygens (including phenoxy) is 1. The molecule has 1 aromatic carbocycles. The Balaban J connectivity index is 3.05. The number of nitrogens with one attached hydrogen (secondary N) is 1. The van der Waals surface area contributed by atoms with Gasteiger partial charge in [0, 0.05) is 6.54 Å². The Labute approximate surface area is 81.7 Å². The quantitative estimate of drug-likeness (QED) is 0.814. The van der Waals surface area contributed by atoms with Gasteiger partial charge in [-0.25, -0.2) is 4.39 Å². The van der Waals surface area contributed by atoms with Crippen molar-refractivity contribution in [2.75, 3.05) is 14.2 Å². The zero-order valence-electron chi connectivity index (χ0n) is 7.53. The summed E-state index contributed by atoms with van der Waals surface area (Å²) in [6.45, 7) is 0.584. The summed E-state index contributed by atoms with van der Waals surface area (Å²) in [7, 11) is 3.18. The molecule has 13 heavy (non-hydrogen) atoms. The zero-order chi connectivity index (χ0) is 9.84. The molecule has 0 amide bonds. The summed E-state index contributed by atoms with van der Waals surface area (Å²) < 4.78 is 18.0. The summed E-state index contributed by atoms with van der Waals surface area (Å²) in [5, 5.41) is 3.21. The average Bonchev–Trinajstić information content (AvgIpc) is 2.04. The largest absolute Gasteiger partial charge is 0.492 e. The van der Waals surface area contributed by atoms with Crippen molar-refractivity contribution < 1.29 is 9.13 Å². The Hall–Kier alpha value is -0.800. The van der Waals surface area contributed by atoms with Crippen molar-refractivity contribution in [2.45, 2.75) is 6.54 Å². The Morgan fingerprint density at radius 3 is 2.69 bits per heavy atom. The van der Waals surface area contributed by atoms with Gasteiger partial charge in [0.05, 0.1) is 12.1 Å². The first-order valence-corrected chi connectivity index (χ1v) is 4.23. The van der Waals surface area contributed by atoms with E-state index < -0.39 is 5.82 Å². The van der Waals surface area contributed by atoms with Gasteiger partial charge in [0.2, 0.25) is 0 Å². The van der Waals surface area contributed by atoms with Crippen LogP contribution in [-0.4, -0.2) is 14.2 Å². The molecule has 4 heteroatoms. The predicted octanol–water partition coefficient (Wildman–Crippen LogP) is 2.21. The second-order valence-corrected chi connectivity index (χ2v) is 3.03. The predicted molar refractivity (Wildman–Crippen MR) is 50.7 cm³/mol. The van der Waals surface area contributed by atoms with E-state index in [1.165, 1.54) is 13.2 Å². The summed E-state index contributed by atoms with van der Waals surface area (Å²) in [6, 6.07) is 3.08. The average molecular weight is 204 g/mol. The number of methoxy groups -OCH3 is 1. The third-order valence-corrected chi connectivity index (χ3v) is 1.92. The van der Waals surface area contributed by atoms with E-state index in [0.717, 1.165) is 5.56 Å². The highest BCUT2D eigenvalue weighted by Gasteiger charge is 2.08. The minimum absolute atomic E-state index is 0.0986. The van der Waals surface area contributed by atoms with Gasteiger partial charge in [-0.3, -0.25) is 0 Å². The van der Waals surface area contributed by atoms with Crippen molar-refractivity contribution in [3.05, 3.63) is 28.5 Å². The lowest BCUT2D eigenvalue weighted by Gasteiger charge is -2.07. The van der Waals surface area contributed by atoms with E-state index in [1.54, 1.807) is 13.1 Å². The van der Waals surface area contributed by atoms with Crippen LogP contribution in [0.4, 0.5) is 4.39 Å². The fourth-order valence-corrected chi connectivity index (χ4v) is 1.42. The molecule has 0 saturated heterocycles. The van der Waals surface area contributed by atoms with Crippen LogP contribution in [0, 0.1) is 5.82 Å². The summed E-state index contributed by atoms with van der Waals surface area (Å²) in [6.07, 6.45) is 0. The smallest absolute Gasteiger partial charge is 0.173 e. The number of hydrogen-bond donors (Lipinski definition) is 1. The highest BCUT2D eigenvalue weighted by Crippen LogP contribution is 2.28. The minimum atomic E-state index is -0.430. The summed E-state index contributed by atoms with van der Waals surface area (Å²) >= 11 is 5.78. The molecule has 72 valence electrons. The van der Waals surface area contributed by atoms with Crippen molar-refractivity contribution in [3.8, 4) is 5.75 Å². The van der Waals surface area contributed by atoms with Crippen LogP contribution in [0.5, 0.6) is 5.75 Å². The van der Waals surface area contributed by atoms with Gasteiger partial charge in [-0.15, -0.1) is 0 Å². The van der Waals surface area contributed by atoms with Crippen molar-refractivity contribution >= 4 is 11.6 Å². The van der Waals surface area contributed by atoms with E-state index in [4.69, 9.17) is 16.3 Å². The molecule has 0 saturated carbocycles. The lowest BCUT2D eigenvalue weighted by atomic mass is 10.2. The number of halogens is 2. The molecule has 0 unspecified atom stereocenters. The highest BCUT2D eigenvalue weighted by molar-refractivity contribution is 6.32. The van der Waals surface area contributed by atoms with E-state index in [1.807, 2.05) is 0 Å². The lowest BCUT2D eigenvalue weighted by molar-refractivity contribution is 0.386. The van der Waals surface area contributed by atoms with Gasteiger partial charge in [0.15, 0.2) is 11.6 Å². The van der Waals surface area contributed by atoms with E-state index in [0.29, 0.717) is 11.6 Å². The number of benzene rings is 1.